The highest BCUT2D eigenvalue weighted by Crippen LogP contribution is 2.15. The molecule has 2 rings (SSSR count). The van der Waals surface area contributed by atoms with E-state index in [2.05, 4.69) is 15.4 Å². The third-order valence-corrected chi connectivity index (χ3v) is 2.76. The number of nitrogens with zero attached hydrogens (tertiary/aromatic N) is 3. The van der Waals surface area contributed by atoms with Gasteiger partial charge in [-0.1, -0.05) is 0 Å². The molecule has 0 radical (unpaired) electrons. The Kier molecular flexibility index (Phi) is 3.79. The Morgan fingerprint density at radius 2 is 2.26 bits per heavy atom. The van der Waals surface area contributed by atoms with Crippen LogP contribution in [0.1, 0.15) is 21.6 Å². The van der Waals surface area contributed by atoms with E-state index in [1.807, 2.05) is 20.2 Å². The van der Waals surface area contributed by atoms with Gasteiger partial charge in [0.25, 0.3) is 0 Å². The Labute approximate surface area is 111 Å². The van der Waals surface area contributed by atoms with Crippen molar-refractivity contribution >= 4 is 11.7 Å². The van der Waals surface area contributed by atoms with Gasteiger partial charge < -0.3 is 10.4 Å². The van der Waals surface area contributed by atoms with Crippen molar-refractivity contribution in [3.8, 4) is 0 Å². The van der Waals surface area contributed by atoms with Crippen molar-refractivity contribution in [3.63, 3.8) is 0 Å². The minimum atomic E-state index is -0.976. The molecule has 0 aliphatic rings. The molecule has 0 amide bonds. The first kappa shape index (κ1) is 13.1. The maximum atomic E-state index is 11.1. The molecule has 0 spiro atoms. The Balaban J connectivity index is 2.02. The largest absolute Gasteiger partial charge is 0.478 e. The second-order valence-corrected chi connectivity index (χ2v) is 4.38. The van der Waals surface area contributed by atoms with Crippen LogP contribution in [-0.4, -0.2) is 32.4 Å². The number of nitrogens with one attached hydrogen (secondary N) is 1. The molecule has 0 fully saturated rings. The zero-order valence-electron chi connectivity index (χ0n) is 10.9. The molecular formula is C13H16N4O2. The summed E-state index contributed by atoms with van der Waals surface area (Å²) in [6.07, 6.45) is 5.91. The van der Waals surface area contributed by atoms with Crippen LogP contribution >= 0.6 is 0 Å². The fraction of sp³-hybridized carbons (Fsp3) is 0.308. The van der Waals surface area contributed by atoms with E-state index in [0.717, 1.165) is 17.7 Å². The highest BCUT2D eigenvalue weighted by molar-refractivity contribution is 5.93. The van der Waals surface area contributed by atoms with Crippen LogP contribution in [-0.2, 0) is 13.5 Å². The van der Waals surface area contributed by atoms with Crippen LogP contribution in [0.15, 0.2) is 24.7 Å². The van der Waals surface area contributed by atoms with Crippen LogP contribution < -0.4 is 5.32 Å². The van der Waals surface area contributed by atoms with Gasteiger partial charge in [0.15, 0.2) is 0 Å². The summed E-state index contributed by atoms with van der Waals surface area (Å²) in [5.41, 5.74) is 2.69. The Hall–Kier alpha value is -2.37. The van der Waals surface area contributed by atoms with Crippen molar-refractivity contribution in [1.82, 2.24) is 14.8 Å². The summed E-state index contributed by atoms with van der Waals surface area (Å²) >= 11 is 0. The number of carboxylic acids is 1. The minimum Gasteiger partial charge on any atom is -0.478 e. The molecule has 2 N–H and O–H groups in total. The van der Waals surface area contributed by atoms with Gasteiger partial charge in [-0.05, 0) is 25.0 Å². The molecule has 0 aromatic carbocycles. The van der Waals surface area contributed by atoms with E-state index in [0.29, 0.717) is 12.2 Å². The molecule has 0 bridgehead atoms. The van der Waals surface area contributed by atoms with E-state index in [-0.39, 0.29) is 5.56 Å². The van der Waals surface area contributed by atoms with Gasteiger partial charge in [-0.2, -0.15) is 5.10 Å². The first-order valence-corrected chi connectivity index (χ1v) is 5.97. The van der Waals surface area contributed by atoms with Gasteiger partial charge in [0.2, 0.25) is 0 Å². The summed E-state index contributed by atoms with van der Waals surface area (Å²) in [6, 6.07) is 1.74. The summed E-state index contributed by atoms with van der Waals surface area (Å²) in [5, 5.41) is 16.3. The monoisotopic (exact) mass is 260 g/mol. The zero-order chi connectivity index (χ0) is 13.8. The summed E-state index contributed by atoms with van der Waals surface area (Å²) in [4.78, 5) is 15.1. The SMILES string of the molecule is Cc1cc(NCCc2cnn(C)c2)c(C(=O)O)cn1. The smallest absolute Gasteiger partial charge is 0.339 e. The number of pyridine rings is 1. The lowest BCUT2D eigenvalue weighted by Gasteiger charge is -2.09. The Morgan fingerprint density at radius 3 is 2.89 bits per heavy atom. The van der Waals surface area contributed by atoms with Crippen LogP contribution in [0.3, 0.4) is 0 Å². The van der Waals surface area contributed by atoms with Crippen LogP contribution in [0.25, 0.3) is 0 Å². The van der Waals surface area contributed by atoms with Gasteiger partial charge in [-0.25, -0.2) is 4.79 Å². The number of carboxylic acid groups (broad SMARTS) is 1. The first-order chi connectivity index (χ1) is 9.06. The highest BCUT2D eigenvalue weighted by atomic mass is 16.4. The summed E-state index contributed by atoms with van der Waals surface area (Å²) in [6.45, 7) is 2.48. The predicted molar refractivity (Wildman–Crippen MR) is 71.3 cm³/mol. The molecule has 100 valence electrons. The molecule has 6 heteroatoms. The first-order valence-electron chi connectivity index (χ1n) is 5.97. The number of aryl methyl sites for hydroxylation is 2. The molecule has 2 heterocycles. The summed E-state index contributed by atoms with van der Waals surface area (Å²) in [7, 11) is 1.87. The van der Waals surface area contributed by atoms with Gasteiger partial charge in [-0.3, -0.25) is 9.67 Å². The van der Waals surface area contributed by atoms with Crippen molar-refractivity contribution in [2.24, 2.45) is 7.05 Å². The molecule has 2 aromatic rings. The van der Waals surface area contributed by atoms with Gasteiger partial charge in [0.1, 0.15) is 5.56 Å². The Bertz CT molecular complexity index is 592. The minimum absolute atomic E-state index is 0.191. The van der Waals surface area contributed by atoms with Gasteiger partial charge in [-0.15, -0.1) is 0 Å². The van der Waals surface area contributed by atoms with E-state index in [4.69, 9.17) is 5.11 Å². The molecule has 0 atom stereocenters. The average Bonchev–Trinajstić information content (AvgIpc) is 2.75. The topological polar surface area (TPSA) is 80.0 Å². The van der Waals surface area contributed by atoms with Gasteiger partial charge >= 0.3 is 5.97 Å². The van der Waals surface area contributed by atoms with Gasteiger partial charge in [0.05, 0.1) is 11.9 Å². The molecule has 0 unspecified atom stereocenters. The quantitative estimate of drug-likeness (QED) is 0.851. The standard InChI is InChI=1S/C13H16N4O2/c1-9-5-12(11(7-15-9)13(18)19)14-4-3-10-6-16-17(2)8-10/h5-8H,3-4H2,1-2H3,(H,14,15)(H,18,19). The third-order valence-electron chi connectivity index (χ3n) is 2.76. The van der Waals surface area contributed by atoms with Crippen molar-refractivity contribution in [2.45, 2.75) is 13.3 Å². The van der Waals surface area contributed by atoms with E-state index in [1.54, 1.807) is 16.9 Å². The molecule has 0 saturated carbocycles. The lowest BCUT2D eigenvalue weighted by Crippen LogP contribution is -2.10. The van der Waals surface area contributed by atoms with Crippen molar-refractivity contribution in [3.05, 3.63) is 41.5 Å². The summed E-state index contributed by atoms with van der Waals surface area (Å²) in [5.74, 6) is -0.976. The maximum absolute atomic E-state index is 11.1. The van der Waals surface area contributed by atoms with Crippen molar-refractivity contribution in [2.75, 3.05) is 11.9 Å². The zero-order valence-corrected chi connectivity index (χ0v) is 10.9. The number of aromatic nitrogens is 3. The second-order valence-electron chi connectivity index (χ2n) is 4.38. The molecule has 2 aromatic heterocycles. The average molecular weight is 260 g/mol. The van der Waals surface area contributed by atoms with E-state index in [1.165, 1.54) is 6.20 Å². The Morgan fingerprint density at radius 1 is 1.47 bits per heavy atom. The lowest BCUT2D eigenvalue weighted by atomic mass is 10.2. The van der Waals surface area contributed by atoms with Crippen molar-refractivity contribution in [1.29, 1.82) is 0 Å². The molecule has 6 nitrogen and oxygen atoms in total. The van der Waals surface area contributed by atoms with Crippen LogP contribution in [0.2, 0.25) is 0 Å². The normalized spacial score (nSPS) is 10.4. The molecule has 0 aliphatic heterocycles. The fourth-order valence-electron chi connectivity index (χ4n) is 1.82. The van der Waals surface area contributed by atoms with Gasteiger partial charge in [0, 0.05) is 31.7 Å². The van der Waals surface area contributed by atoms with E-state index in [9.17, 15) is 4.79 Å². The van der Waals surface area contributed by atoms with Crippen LogP contribution in [0, 0.1) is 6.92 Å². The molecular weight excluding hydrogens is 244 g/mol. The molecule has 19 heavy (non-hydrogen) atoms. The second kappa shape index (κ2) is 5.51. The maximum Gasteiger partial charge on any atom is 0.339 e. The number of hydrogen-bond donors (Lipinski definition) is 2. The predicted octanol–water partition coefficient (Wildman–Crippen LogP) is 1.48. The number of anilines is 1. The van der Waals surface area contributed by atoms with E-state index < -0.39 is 5.97 Å². The number of hydrogen-bond acceptors (Lipinski definition) is 4. The number of aromatic carboxylic acids is 1. The van der Waals surface area contributed by atoms with Crippen LogP contribution in [0.4, 0.5) is 5.69 Å². The van der Waals surface area contributed by atoms with E-state index >= 15 is 0 Å². The van der Waals surface area contributed by atoms with Crippen LogP contribution in [0.5, 0.6) is 0 Å². The molecule has 0 aliphatic carbocycles. The number of carbonyl (C=O) groups is 1. The fourth-order valence-corrected chi connectivity index (χ4v) is 1.82. The number of rotatable bonds is 5. The third kappa shape index (κ3) is 3.31. The van der Waals surface area contributed by atoms with Crippen molar-refractivity contribution < 1.29 is 9.90 Å². The molecule has 0 saturated heterocycles. The highest BCUT2D eigenvalue weighted by Gasteiger charge is 2.10. The lowest BCUT2D eigenvalue weighted by molar-refractivity contribution is 0.0697. The summed E-state index contributed by atoms with van der Waals surface area (Å²) < 4.78 is 1.74.